The quantitative estimate of drug-likeness (QED) is 0.568. The maximum absolute atomic E-state index is 13.1. The van der Waals surface area contributed by atoms with E-state index in [4.69, 9.17) is 0 Å². The number of hydrogen-bond donors (Lipinski definition) is 0. The van der Waals surface area contributed by atoms with Crippen LogP contribution in [0.4, 0.5) is 4.39 Å². The SMILES string of the molecule is O=C(c1ccc(-c2ccsc2)cc1)N1CCC[C@H](S(=O)(=O)c2ccc(F)cc2)C1. The lowest BCUT2D eigenvalue weighted by atomic mass is 10.0. The van der Waals surface area contributed by atoms with E-state index in [1.165, 1.54) is 12.1 Å². The number of amides is 1. The lowest BCUT2D eigenvalue weighted by molar-refractivity contribution is 0.0727. The largest absolute Gasteiger partial charge is 0.337 e. The van der Waals surface area contributed by atoms with Crippen molar-refractivity contribution in [1.29, 1.82) is 0 Å². The van der Waals surface area contributed by atoms with Crippen molar-refractivity contribution in [3.63, 3.8) is 0 Å². The summed E-state index contributed by atoms with van der Waals surface area (Å²) < 4.78 is 39.0. The summed E-state index contributed by atoms with van der Waals surface area (Å²) in [7, 11) is -3.62. The molecular weight excluding hydrogens is 409 g/mol. The van der Waals surface area contributed by atoms with Gasteiger partial charge in [0.1, 0.15) is 5.82 Å². The Morgan fingerprint density at radius 2 is 1.72 bits per heavy atom. The van der Waals surface area contributed by atoms with Gasteiger partial charge in [0.15, 0.2) is 9.84 Å². The molecule has 0 N–H and O–H groups in total. The fraction of sp³-hybridized carbons (Fsp3) is 0.227. The molecule has 0 radical (unpaired) electrons. The van der Waals surface area contributed by atoms with Crippen molar-refractivity contribution in [2.75, 3.05) is 13.1 Å². The van der Waals surface area contributed by atoms with Crippen LogP contribution in [0.3, 0.4) is 0 Å². The first-order valence-electron chi connectivity index (χ1n) is 9.36. The van der Waals surface area contributed by atoms with Gasteiger partial charge in [-0.1, -0.05) is 12.1 Å². The average Bonchev–Trinajstić information content (AvgIpc) is 3.29. The Hall–Kier alpha value is -2.51. The summed E-state index contributed by atoms with van der Waals surface area (Å²) in [6.45, 7) is 0.672. The first-order valence-corrected chi connectivity index (χ1v) is 11.9. The highest BCUT2D eigenvalue weighted by Gasteiger charge is 2.34. The fourth-order valence-corrected chi connectivity index (χ4v) is 6.03. The first kappa shape index (κ1) is 19.8. The van der Waals surface area contributed by atoms with Crippen LogP contribution in [0.1, 0.15) is 23.2 Å². The second-order valence-corrected chi connectivity index (χ2v) is 10.1. The number of likely N-dealkylation sites (tertiary alicyclic amines) is 1. The molecule has 1 atom stereocenters. The molecule has 1 aliphatic heterocycles. The zero-order chi connectivity index (χ0) is 20.4. The molecule has 4 nitrogen and oxygen atoms in total. The highest BCUT2D eigenvalue weighted by molar-refractivity contribution is 7.92. The van der Waals surface area contributed by atoms with E-state index in [0.29, 0.717) is 24.9 Å². The lowest BCUT2D eigenvalue weighted by Gasteiger charge is -2.32. The van der Waals surface area contributed by atoms with E-state index in [2.05, 4.69) is 0 Å². The molecule has 0 spiro atoms. The van der Waals surface area contributed by atoms with Crippen molar-refractivity contribution in [2.45, 2.75) is 23.0 Å². The van der Waals surface area contributed by atoms with Crippen LogP contribution in [-0.2, 0) is 9.84 Å². The Bertz CT molecular complexity index is 1090. The fourth-order valence-electron chi connectivity index (χ4n) is 3.61. The van der Waals surface area contributed by atoms with Gasteiger partial charge in [0.05, 0.1) is 10.1 Å². The van der Waals surface area contributed by atoms with Crippen molar-refractivity contribution in [3.8, 4) is 11.1 Å². The van der Waals surface area contributed by atoms with Crippen LogP contribution in [0.25, 0.3) is 11.1 Å². The molecule has 1 aromatic heterocycles. The van der Waals surface area contributed by atoms with Crippen molar-refractivity contribution in [2.24, 2.45) is 0 Å². The molecule has 3 aromatic rings. The number of piperidine rings is 1. The summed E-state index contributed by atoms with van der Waals surface area (Å²) in [6.07, 6.45) is 1.10. The van der Waals surface area contributed by atoms with Gasteiger partial charge in [-0.15, -0.1) is 0 Å². The summed E-state index contributed by atoms with van der Waals surface area (Å²) in [4.78, 5) is 14.6. The minimum Gasteiger partial charge on any atom is -0.337 e. The zero-order valence-corrected chi connectivity index (χ0v) is 17.3. The molecule has 0 unspecified atom stereocenters. The van der Waals surface area contributed by atoms with Gasteiger partial charge >= 0.3 is 0 Å². The number of nitrogens with zero attached hydrogens (tertiary/aromatic N) is 1. The van der Waals surface area contributed by atoms with Gasteiger partial charge in [-0.05, 0) is 77.2 Å². The van der Waals surface area contributed by atoms with Gasteiger partial charge in [-0.3, -0.25) is 4.79 Å². The van der Waals surface area contributed by atoms with Crippen LogP contribution >= 0.6 is 11.3 Å². The minimum absolute atomic E-state index is 0.0957. The number of benzene rings is 2. The molecule has 0 saturated carbocycles. The molecule has 0 bridgehead atoms. The lowest BCUT2D eigenvalue weighted by Crippen LogP contribution is -2.45. The number of carbonyl (C=O) groups is 1. The molecule has 0 aliphatic carbocycles. The third-order valence-corrected chi connectivity index (χ3v) is 8.11. The van der Waals surface area contributed by atoms with E-state index in [-0.39, 0.29) is 17.3 Å². The molecule has 1 aliphatic rings. The maximum atomic E-state index is 13.1. The molecule has 1 fully saturated rings. The Balaban J connectivity index is 1.50. The Morgan fingerprint density at radius 3 is 2.38 bits per heavy atom. The Morgan fingerprint density at radius 1 is 1.00 bits per heavy atom. The van der Waals surface area contributed by atoms with E-state index in [9.17, 15) is 17.6 Å². The number of rotatable bonds is 4. The molecular formula is C22H20FNO3S2. The van der Waals surface area contributed by atoms with Gasteiger partial charge in [-0.2, -0.15) is 11.3 Å². The van der Waals surface area contributed by atoms with Crippen LogP contribution < -0.4 is 0 Å². The van der Waals surface area contributed by atoms with E-state index < -0.39 is 20.9 Å². The van der Waals surface area contributed by atoms with Crippen molar-refractivity contribution in [1.82, 2.24) is 4.90 Å². The predicted octanol–water partition coefficient (Wildman–Crippen LogP) is 4.63. The normalized spacial score (nSPS) is 17.3. The zero-order valence-electron chi connectivity index (χ0n) is 15.6. The summed E-state index contributed by atoms with van der Waals surface area (Å²) in [5.74, 6) is -0.642. The van der Waals surface area contributed by atoms with E-state index >= 15 is 0 Å². The van der Waals surface area contributed by atoms with Gasteiger partial charge in [-0.25, -0.2) is 12.8 Å². The number of halogens is 1. The molecule has 7 heteroatoms. The molecule has 150 valence electrons. The van der Waals surface area contributed by atoms with E-state index in [0.717, 1.165) is 23.3 Å². The van der Waals surface area contributed by atoms with Gasteiger partial charge in [0.2, 0.25) is 0 Å². The molecule has 2 heterocycles. The molecule has 1 saturated heterocycles. The highest BCUT2D eigenvalue weighted by Crippen LogP contribution is 2.26. The summed E-state index contributed by atoms with van der Waals surface area (Å²) in [5.41, 5.74) is 2.69. The second kappa shape index (κ2) is 8.08. The average molecular weight is 430 g/mol. The van der Waals surface area contributed by atoms with E-state index in [1.807, 2.05) is 29.0 Å². The third-order valence-electron chi connectivity index (χ3n) is 5.23. The summed E-state index contributed by atoms with van der Waals surface area (Å²) in [5, 5.41) is 3.37. The molecule has 29 heavy (non-hydrogen) atoms. The second-order valence-electron chi connectivity index (χ2n) is 7.10. The molecule has 2 aromatic carbocycles. The predicted molar refractivity (Wildman–Crippen MR) is 112 cm³/mol. The van der Waals surface area contributed by atoms with Crippen molar-refractivity contribution < 1.29 is 17.6 Å². The Kier molecular flexibility index (Phi) is 5.52. The number of thiophene rings is 1. The van der Waals surface area contributed by atoms with Crippen LogP contribution in [0.15, 0.2) is 70.3 Å². The molecule has 4 rings (SSSR count). The van der Waals surface area contributed by atoms with Crippen LogP contribution in [-0.4, -0.2) is 37.6 Å². The topological polar surface area (TPSA) is 54.5 Å². The van der Waals surface area contributed by atoms with Crippen LogP contribution in [0.5, 0.6) is 0 Å². The first-order chi connectivity index (χ1) is 13.9. The Labute approximate surface area is 173 Å². The van der Waals surface area contributed by atoms with Crippen molar-refractivity contribution in [3.05, 3.63) is 76.7 Å². The number of carbonyl (C=O) groups excluding carboxylic acids is 1. The standard InChI is InChI=1S/C22H20FNO3S2/c23-19-7-9-20(10-8-19)29(26,27)21-2-1-12-24(14-21)22(25)17-5-3-16(4-6-17)18-11-13-28-15-18/h3-11,13,15,21H,1-2,12,14H2/t21-/m0/s1. The smallest absolute Gasteiger partial charge is 0.253 e. The monoisotopic (exact) mass is 429 g/mol. The number of hydrogen-bond acceptors (Lipinski definition) is 4. The van der Waals surface area contributed by atoms with Gasteiger partial charge in [0, 0.05) is 18.7 Å². The molecule has 1 amide bonds. The number of sulfone groups is 1. The van der Waals surface area contributed by atoms with E-state index in [1.54, 1.807) is 28.4 Å². The van der Waals surface area contributed by atoms with Crippen LogP contribution in [0, 0.1) is 5.82 Å². The van der Waals surface area contributed by atoms with Crippen LogP contribution in [0.2, 0.25) is 0 Å². The van der Waals surface area contributed by atoms with Gasteiger partial charge < -0.3 is 4.90 Å². The van der Waals surface area contributed by atoms with Crippen molar-refractivity contribution >= 4 is 27.1 Å². The summed E-state index contributed by atoms with van der Waals surface area (Å²) in [6, 6.07) is 14.3. The minimum atomic E-state index is -3.62. The highest BCUT2D eigenvalue weighted by atomic mass is 32.2. The van der Waals surface area contributed by atoms with Gasteiger partial charge in [0.25, 0.3) is 5.91 Å². The maximum Gasteiger partial charge on any atom is 0.253 e. The summed E-state index contributed by atoms with van der Waals surface area (Å²) >= 11 is 1.62. The third kappa shape index (κ3) is 4.11.